The molecule has 0 saturated heterocycles. The first-order valence-electron chi connectivity index (χ1n) is 4.82. The van der Waals surface area contributed by atoms with E-state index in [4.69, 9.17) is 5.11 Å². The second-order valence-electron chi connectivity index (χ2n) is 4.12. The summed E-state index contributed by atoms with van der Waals surface area (Å²) in [5, 5.41) is 16.8. The molecule has 0 radical (unpaired) electrons. The van der Waals surface area contributed by atoms with Crippen LogP contribution in [0.4, 0.5) is 0 Å². The second kappa shape index (κ2) is 4.11. The molecule has 1 aromatic rings. The van der Waals surface area contributed by atoms with Gasteiger partial charge in [0, 0.05) is 20.0 Å². The van der Waals surface area contributed by atoms with E-state index in [1.807, 2.05) is 6.92 Å². The summed E-state index contributed by atoms with van der Waals surface area (Å²) in [5.74, 6) is 0. The van der Waals surface area contributed by atoms with E-state index in [1.54, 1.807) is 0 Å². The lowest BCUT2D eigenvalue weighted by Gasteiger charge is -2.13. The molecular weight excluding hydrogens is 176 g/mol. The van der Waals surface area contributed by atoms with Gasteiger partial charge < -0.3 is 10.2 Å². The third-order valence-electron chi connectivity index (χ3n) is 2.50. The predicted octanol–water partition coefficient (Wildman–Crippen LogP) is 1.45. The van der Waals surface area contributed by atoms with Gasteiger partial charge in [-0.3, -0.25) is 0 Å². The smallest absolute Gasteiger partial charge is 0.0700 e. The molecule has 0 bridgehead atoms. The summed E-state index contributed by atoms with van der Waals surface area (Å²) in [7, 11) is 1.00. The molecule has 2 N–H and O–H groups in total. The van der Waals surface area contributed by atoms with Crippen molar-refractivity contribution < 1.29 is 10.2 Å². The van der Waals surface area contributed by atoms with Gasteiger partial charge in [0.15, 0.2) is 0 Å². The first-order valence-corrected chi connectivity index (χ1v) is 4.82. The van der Waals surface area contributed by atoms with Crippen LogP contribution in [-0.4, -0.2) is 22.9 Å². The Bertz CT molecular complexity index is 316. The Morgan fingerprint density at radius 1 is 1.14 bits per heavy atom. The zero-order chi connectivity index (χ0) is 10.8. The second-order valence-corrected chi connectivity index (χ2v) is 4.12. The van der Waals surface area contributed by atoms with Crippen molar-refractivity contribution in [1.82, 2.24) is 0 Å². The Labute approximate surface area is 85.2 Å². The summed E-state index contributed by atoms with van der Waals surface area (Å²) >= 11 is 0. The molecule has 2 heteroatoms. The first-order chi connectivity index (χ1) is 6.57. The fourth-order valence-electron chi connectivity index (χ4n) is 1.97. The molecule has 14 heavy (non-hydrogen) atoms. The molecular formula is C12H18O2. The maximum atomic E-state index is 9.81. The van der Waals surface area contributed by atoms with Crippen LogP contribution in [-0.2, 0) is 12.8 Å². The fourth-order valence-corrected chi connectivity index (χ4v) is 1.97. The molecule has 0 fully saturated rings. The number of aryl methyl sites for hydroxylation is 1. The van der Waals surface area contributed by atoms with E-state index in [9.17, 15) is 5.11 Å². The Morgan fingerprint density at radius 2 is 1.71 bits per heavy atom. The van der Waals surface area contributed by atoms with Crippen LogP contribution < -0.4 is 0 Å². The predicted molar refractivity (Wildman–Crippen MR) is 57.4 cm³/mol. The fraction of sp³-hybridized carbons (Fsp3) is 0.500. The van der Waals surface area contributed by atoms with Crippen LogP contribution >= 0.6 is 0 Å². The van der Waals surface area contributed by atoms with Gasteiger partial charge in [-0.1, -0.05) is 23.8 Å². The van der Waals surface area contributed by atoms with Gasteiger partial charge in [-0.15, -0.1) is 0 Å². The van der Waals surface area contributed by atoms with Crippen molar-refractivity contribution in [2.45, 2.75) is 32.3 Å². The Kier molecular flexibility index (Phi) is 3.29. The van der Waals surface area contributed by atoms with Gasteiger partial charge in [-0.25, -0.2) is 0 Å². The summed E-state index contributed by atoms with van der Waals surface area (Å²) in [5.41, 5.74) is 3.41. The Balaban J connectivity index is 0.000000461. The highest BCUT2D eigenvalue weighted by atomic mass is 16.3. The number of aliphatic hydroxyl groups is 2. The largest absolute Gasteiger partial charge is 0.400 e. The van der Waals surface area contributed by atoms with E-state index in [1.165, 1.54) is 16.7 Å². The Hall–Kier alpha value is -0.860. The van der Waals surface area contributed by atoms with E-state index >= 15 is 0 Å². The van der Waals surface area contributed by atoms with Gasteiger partial charge in [0.25, 0.3) is 0 Å². The molecule has 0 saturated carbocycles. The molecule has 1 aliphatic carbocycles. The van der Waals surface area contributed by atoms with Crippen LogP contribution in [0.3, 0.4) is 0 Å². The SMILES string of the molecule is CO.Cc1ccc2c(c1)CC(C)(O)C2. The van der Waals surface area contributed by atoms with E-state index in [2.05, 4.69) is 25.1 Å². The molecule has 78 valence electrons. The van der Waals surface area contributed by atoms with Gasteiger partial charge in [0.1, 0.15) is 0 Å². The summed E-state index contributed by atoms with van der Waals surface area (Å²) < 4.78 is 0. The van der Waals surface area contributed by atoms with Crippen LogP contribution in [0.15, 0.2) is 18.2 Å². The van der Waals surface area contributed by atoms with Crippen LogP contribution in [0, 0.1) is 6.92 Å². The van der Waals surface area contributed by atoms with Crippen LogP contribution in [0.2, 0.25) is 0 Å². The van der Waals surface area contributed by atoms with Crippen molar-refractivity contribution in [1.29, 1.82) is 0 Å². The first kappa shape index (κ1) is 11.2. The van der Waals surface area contributed by atoms with E-state index < -0.39 is 5.60 Å². The summed E-state index contributed by atoms with van der Waals surface area (Å²) in [6.45, 7) is 4.00. The van der Waals surface area contributed by atoms with Crippen molar-refractivity contribution in [2.75, 3.05) is 7.11 Å². The molecule has 1 unspecified atom stereocenters. The number of hydrogen-bond acceptors (Lipinski definition) is 2. The van der Waals surface area contributed by atoms with Crippen molar-refractivity contribution in [3.63, 3.8) is 0 Å². The third kappa shape index (κ3) is 2.34. The van der Waals surface area contributed by atoms with Crippen LogP contribution in [0.25, 0.3) is 0 Å². The number of fused-ring (bicyclic) bond motifs is 1. The molecule has 2 nitrogen and oxygen atoms in total. The maximum Gasteiger partial charge on any atom is 0.0700 e. The highest BCUT2D eigenvalue weighted by Crippen LogP contribution is 2.29. The molecule has 0 heterocycles. The molecule has 0 spiro atoms. The lowest BCUT2D eigenvalue weighted by atomic mass is 10.0. The number of aliphatic hydroxyl groups excluding tert-OH is 1. The number of benzene rings is 1. The molecule has 1 aliphatic rings. The number of hydrogen-bond donors (Lipinski definition) is 2. The summed E-state index contributed by atoms with van der Waals surface area (Å²) in [6, 6.07) is 6.42. The van der Waals surface area contributed by atoms with Crippen molar-refractivity contribution in [2.24, 2.45) is 0 Å². The van der Waals surface area contributed by atoms with Gasteiger partial charge >= 0.3 is 0 Å². The van der Waals surface area contributed by atoms with E-state index in [0.717, 1.165) is 20.0 Å². The van der Waals surface area contributed by atoms with Gasteiger partial charge in [-0.2, -0.15) is 0 Å². The third-order valence-corrected chi connectivity index (χ3v) is 2.50. The molecule has 1 atom stereocenters. The highest BCUT2D eigenvalue weighted by Gasteiger charge is 2.29. The lowest BCUT2D eigenvalue weighted by molar-refractivity contribution is 0.0719. The van der Waals surface area contributed by atoms with E-state index in [0.29, 0.717) is 0 Å². The summed E-state index contributed by atoms with van der Waals surface area (Å²) in [6.07, 6.45) is 1.62. The van der Waals surface area contributed by atoms with E-state index in [-0.39, 0.29) is 0 Å². The normalized spacial score (nSPS) is 23.8. The molecule has 0 aromatic heterocycles. The van der Waals surface area contributed by atoms with Crippen LogP contribution in [0.1, 0.15) is 23.6 Å². The number of rotatable bonds is 0. The Morgan fingerprint density at radius 3 is 2.36 bits per heavy atom. The topological polar surface area (TPSA) is 40.5 Å². The monoisotopic (exact) mass is 194 g/mol. The van der Waals surface area contributed by atoms with Crippen LogP contribution in [0.5, 0.6) is 0 Å². The summed E-state index contributed by atoms with van der Waals surface area (Å²) in [4.78, 5) is 0. The standard InChI is InChI=1S/C11H14O.CH4O/c1-8-3-4-9-6-11(2,12)7-10(9)5-8;1-2/h3-5,12H,6-7H2,1-2H3;2H,1H3. The average Bonchev–Trinajstić information content (AvgIpc) is 2.41. The highest BCUT2D eigenvalue weighted by molar-refractivity contribution is 5.37. The zero-order valence-corrected chi connectivity index (χ0v) is 9.04. The molecule has 2 rings (SSSR count). The van der Waals surface area contributed by atoms with Gasteiger partial charge in [0.05, 0.1) is 5.60 Å². The van der Waals surface area contributed by atoms with Crippen molar-refractivity contribution >= 4 is 0 Å². The lowest BCUT2D eigenvalue weighted by Crippen LogP contribution is -2.23. The molecule has 0 amide bonds. The quantitative estimate of drug-likeness (QED) is 0.656. The van der Waals surface area contributed by atoms with Crippen molar-refractivity contribution in [3.05, 3.63) is 34.9 Å². The minimum atomic E-state index is -0.504. The molecule has 0 aliphatic heterocycles. The average molecular weight is 194 g/mol. The van der Waals surface area contributed by atoms with Gasteiger partial charge in [0.2, 0.25) is 0 Å². The minimum absolute atomic E-state index is 0.504. The zero-order valence-electron chi connectivity index (χ0n) is 9.04. The maximum absolute atomic E-state index is 9.81. The minimum Gasteiger partial charge on any atom is -0.400 e. The van der Waals surface area contributed by atoms with Gasteiger partial charge in [-0.05, 0) is 25.0 Å². The van der Waals surface area contributed by atoms with Crippen molar-refractivity contribution in [3.8, 4) is 0 Å². The molecule has 1 aromatic carbocycles.